The highest BCUT2D eigenvalue weighted by atomic mass is 32.1. The third-order valence-electron chi connectivity index (χ3n) is 5.55. The van der Waals surface area contributed by atoms with Crippen molar-refractivity contribution in [1.29, 1.82) is 0 Å². The summed E-state index contributed by atoms with van der Waals surface area (Å²) in [6, 6.07) is 14.5. The molecular formula is C23H29N3S. The van der Waals surface area contributed by atoms with Crippen molar-refractivity contribution in [1.82, 2.24) is 9.88 Å². The molecule has 0 amide bonds. The first-order valence-corrected chi connectivity index (χ1v) is 10.7. The monoisotopic (exact) mass is 379 g/mol. The molecule has 3 nitrogen and oxygen atoms in total. The summed E-state index contributed by atoms with van der Waals surface area (Å²) in [5, 5.41) is 1.17. The Kier molecular flexibility index (Phi) is 4.95. The van der Waals surface area contributed by atoms with Gasteiger partial charge in [0.1, 0.15) is 0 Å². The molecule has 3 aromatic rings. The summed E-state index contributed by atoms with van der Waals surface area (Å²) in [7, 11) is 0. The molecule has 142 valence electrons. The number of aryl methyl sites for hydroxylation is 3. The zero-order valence-corrected chi connectivity index (χ0v) is 17.8. The molecule has 0 spiro atoms. The lowest BCUT2D eigenvalue weighted by Crippen LogP contribution is -2.56. The number of piperazine rings is 1. The number of fused-ring (bicyclic) bond motifs is 1. The van der Waals surface area contributed by atoms with Crippen molar-refractivity contribution in [2.45, 2.75) is 53.2 Å². The molecule has 1 aromatic heterocycles. The van der Waals surface area contributed by atoms with Crippen LogP contribution in [0.2, 0.25) is 0 Å². The minimum absolute atomic E-state index is 0.503. The van der Waals surface area contributed by atoms with E-state index in [4.69, 9.17) is 4.98 Å². The SMILES string of the molecule is Cc1cc(C)cc(CN2C(C)CN(c3nc4ccc(C)cc4s3)CC2C)c1. The van der Waals surface area contributed by atoms with Gasteiger partial charge >= 0.3 is 0 Å². The van der Waals surface area contributed by atoms with Crippen LogP contribution in [0.5, 0.6) is 0 Å². The van der Waals surface area contributed by atoms with Crippen LogP contribution in [0.3, 0.4) is 0 Å². The lowest BCUT2D eigenvalue weighted by molar-refractivity contribution is 0.123. The molecule has 1 saturated heterocycles. The fourth-order valence-corrected chi connectivity index (χ4v) is 5.43. The molecule has 0 aliphatic carbocycles. The number of hydrogen-bond donors (Lipinski definition) is 0. The first-order chi connectivity index (χ1) is 12.9. The summed E-state index contributed by atoms with van der Waals surface area (Å²) < 4.78 is 1.29. The molecule has 27 heavy (non-hydrogen) atoms. The van der Waals surface area contributed by atoms with Crippen LogP contribution >= 0.6 is 11.3 Å². The van der Waals surface area contributed by atoms with Gasteiger partial charge in [-0.25, -0.2) is 4.98 Å². The zero-order chi connectivity index (χ0) is 19.1. The number of nitrogens with zero attached hydrogens (tertiary/aromatic N) is 3. The highest BCUT2D eigenvalue weighted by Crippen LogP contribution is 2.32. The molecule has 4 rings (SSSR count). The van der Waals surface area contributed by atoms with Gasteiger partial charge < -0.3 is 4.90 Å². The number of anilines is 1. The molecule has 2 heterocycles. The van der Waals surface area contributed by atoms with Gasteiger partial charge in [0.05, 0.1) is 10.2 Å². The molecule has 2 atom stereocenters. The summed E-state index contributed by atoms with van der Waals surface area (Å²) in [5.41, 5.74) is 6.56. The van der Waals surface area contributed by atoms with Gasteiger partial charge in [0, 0.05) is 31.7 Å². The van der Waals surface area contributed by atoms with Gasteiger partial charge in [-0.05, 0) is 57.9 Å². The zero-order valence-electron chi connectivity index (χ0n) is 17.0. The quantitative estimate of drug-likeness (QED) is 0.614. The maximum Gasteiger partial charge on any atom is 0.186 e. The van der Waals surface area contributed by atoms with Crippen LogP contribution in [0, 0.1) is 20.8 Å². The molecule has 2 unspecified atom stereocenters. The number of benzene rings is 2. The van der Waals surface area contributed by atoms with Gasteiger partial charge in [-0.1, -0.05) is 46.7 Å². The van der Waals surface area contributed by atoms with Crippen LogP contribution in [0.1, 0.15) is 36.1 Å². The highest BCUT2D eigenvalue weighted by molar-refractivity contribution is 7.22. The fourth-order valence-electron chi connectivity index (χ4n) is 4.35. The van der Waals surface area contributed by atoms with E-state index in [0.717, 1.165) is 25.2 Å². The molecule has 2 aromatic carbocycles. The van der Waals surface area contributed by atoms with Crippen LogP contribution in [0.4, 0.5) is 5.13 Å². The van der Waals surface area contributed by atoms with Gasteiger partial charge in [-0.15, -0.1) is 0 Å². The van der Waals surface area contributed by atoms with Crippen molar-refractivity contribution in [2.75, 3.05) is 18.0 Å². The molecule has 0 bridgehead atoms. The second-order valence-corrected chi connectivity index (χ2v) is 9.25. The summed E-state index contributed by atoms with van der Waals surface area (Å²) >= 11 is 1.83. The average Bonchev–Trinajstić information content (AvgIpc) is 3.00. The normalized spacial score (nSPS) is 21.1. The topological polar surface area (TPSA) is 19.4 Å². The Labute approximate surface area is 166 Å². The highest BCUT2D eigenvalue weighted by Gasteiger charge is 2.30. The van der Waals surface area contributed by atoms with Crippen molar-refractivity contribution in [3.8, 4) is 0 Å². The van der Waals surface area contributed by atoms with E-state index in [9.17, 15) is 0 Å². The Morgan fingerprint density at radius 1 is 0.926 bits per heavy atom. The Morgan fingerprint density at radius 3 is 2.26 bits per heavy atom. The molecule has 1 fully saturated rings. The van der Waals surface area contributed by atoms with Gasteiger partial charge in [0.2, 0.25) is 0 Å². The van der Waals surface area contributed by atoms with Gasteiger partial charge in [-0.3, -0.25) is 4.90 Å². The number of hydrogen-bond acceptors (Lipinski definition) is 4. The first-order valence-electron chi connectivity index (χ1n) is 9.84. The molecule has 0 radical (unpaired) electrons. The Bertz CT molecular complexity index is 929. The van der Waals surface area contributed by atoms with Crippen molar-refractivity contribution in [3.05, 3.63) is 58.7 Å². The molecule has 1 aliphatic rings. The van der Waals surface area contributed by atoms with E-state index in [1.807, 2.05) is 11.3 Å². The van der Waals surface area contributed by atoms with E-state index in [-0.39, 0.29) is 0 Å². The smallest absolute Gasteiger partial charge is 0.186 e. The van der Waals surface area contributed by atoms with Gasteiger partial charge in [-0.2, -0.15) is 0 Å². The van der Waals surface area contributed by atoms with Gasteiger partial charge in [0.15, 0.2) is 5.13 Å². The van der Waals surface area contributed by atoms with E-state index in [1.54, 1.807) is 0 Å². The Balaban J connectivity index is 1.52. The lowest BCUT2D eigenvalue weighted by Gasteiger charge is -2.44. The largest absolute Gasteiger partial charge is 0.345 e. The molecule has 0 N–H and O–H groups in total. The minimum Gasteiger partial charge on any atom is -0.345 e. The average molecular weight is 380 g/mol. The third-order valence-corrected chi connectivity index (χ3v) is 6.63. The maximum absolute atomic E-state index is 4.90. The van der Waals surface area contributed by atoms with Crippen LogP contribution in [0.15, 0.2) is 36.4 Å². The maximum atomic E-state index is 4.90. The summed E-state index contributed by atoms with van der Waals surface area (Å²) in [5.74, 6) is 0. The first kappa shape index (κ1) is 18.5. The Hall–Kier alpha value is -1.91. The third kappa shape index (κ3) is 3.87. The second-order valence-electron chi connectivity index (χ2n) is 8.24. The summed E-state index contributed by atoms with van der Waals surface area (Å²) in [6.07, 6.45) is 0. The van der Waals surface area contributed by atoms with E-state index in [2.05, 4.69) is 80.8 Å². The molecular weight excluding hydrogens is 350 g/mol. The molecule has 4 heteroatoms. The number of aromatic nitrogens is 1. The van der Waals surface area contributed by atoms with Crippen LogP contribution in [0.25, 0.3) is 10.2 Å². The minimum atomic E-state index is 0.503. The predicted octanol–water partition coefficient (Wildman–Crippen LogP) is 5.32. The van der Waals surface area contributed by atoms with E-state index < -0.39 is 0 Å². The predicted molar refractivity (Wildman–Crippen MR) is 117 cm³/mol. The lowest BCUT2D eigenvalue weighted by atomic mass is 10.0. The molecule has 1 aliphatic heterocycles. The van der Waals surface area contributed by atoms with Crippen molar-refractivity contribution < 1.29 is 0 Å². The number of rotatable bonds is 3. The molecule has 0 saturated carbocycles. The summed E-state index contributed by atoms with van der Waals surface area (Å²) in [6.45, 7) is 14.3. The summed E-state index contributed by atoms with van der Waals surface area (Å²) in [4.78, 5) is 10.0. The van der Waals surface area contributed by atoms with Crippen molar-refractivity contribution >= 4 is 26.7 Å². The van der Waals surface area contributed by atoms with Crippen LogP contribution in [-0.2, 0) is 6.54 Å². The standard InChI is InChI=1S/C23H29N3S/c1-15-6-7-21-22(11-15)27-23(24-21)25-12-18(4)26(19(5)13-25)14-20-9-16(2)8-17(3)10-20/h6-11,18-19H,12-14H2,1-5H3. The van der Waals surface area contributed by atoms with Crippen LogP contribution < -0.4 is 4.90 Å². The fraction of sp³-hybridized carbons (Fsp3) is 0.435. The van der Waals surface area contributed by atoms with E-state index in [1.165, 1.54) is 32.1 Å². The van der Waals surface area contributed by atoms with E-state index >= 15 is 0 Å². The Morgan fingerprint density at radius 2 is 1.59 bits per heavy atom. The second kappa shape index (κ2) is 7.25. The van der Waals surface area contributed by atoms with Gasteiger partial charge in [0.25, 0.3) is 0 Å². The van der Waals surface area contributed by atoms with Crippen molar-refractivity contribution in [3.63, 3.8) is 0 Å². The van der Waals surface area contributed by atoms with Crippen LogP contribution in [-0.4, -0.2) is 35.1 Å². The van der Waals surface area contributed by atoms with E-state index in [0.29, 0.717) is 12.1 Å². The van der Waals surface area contributed by atoms with Crippen molar-refractivity contribution in [2.24, 2.45) is 0 Å². The number of thiazole rings is 1.